The highest BCUT2D eigenvalue weighted by molar-refractivity contribution is 5.97. The van der Waals surface area contributed by atoms with Gasteiger partial charge in [-0.3, -0.25) is 9.59 Å². The van der Waals surface area contributed by atoms with Crippen LogP contribution in [0.2, 0.25) is 0 Å². The molecule has 0 bridgehead atoms. The van der Waals surface area contributed by atoms with Crippen LogP contribution in [-0.4, -0.2) is 57.8 Å². The van der Waals surface area contributed by atoms with Crippen molar-refractivity contribution in [2.45, 2.75) is 19.8 Å². The second kappa shape index (κ2) is 8.07. The minimum absolute atomic E-state index is 0.00271. The number of carbonyl (C=O) groups excluding carboxylic acids is 2. The molecule has 4 rings (SSSR count). The molecule has 1 aromatic heterocycles. The van der Waals surface area contributed by atoms with Crippen LogP contribution in [-0.2, 0) is 4.79 Å². The van der Waals surface area contributed by atoms with Crippen molar-refractivity contribution in [3.8, 4) is 0 Å². The van der Waals surface area contributed by atoms with Crippen LogP contribution in [0.4, 0.5) is 0 Å². The Bertz CT molecular complexity index is 1000. The van der Waals surface area contributed by atoms with Gasteiger partial charge in [0.15, 0.2) is 0 Å². The van der Waals surface area contributed by atoms with Gasteiger partial charge < -0.3 is 14.8 Å². The number of carbonyl (C=O) groups is 2. The molecule has 1 N–H and O–H groups in total. The fourth-order valence-electron chi connectivity index (χ4n) is 4.05. The van der Waals surface area contributed by atoms with Crippen LogP contribution in [0.5, 0.6) is 0 Å². The van der Waals surface area contributed by atoms with Crippen LogP contribution >= 0.6 is 0 Å². The third kappa shape index (κ3) is 3.88. The number of benzene rings is 2. The summed E-state index contributed by atoms with van der Waals surface area (Å²) in [6.07, 6.45) is 1.63. The molecule has 1 fully saturated rings. The first-order valence-electron chi connectivity index (χ1n) is 10.1. The number of piperazine rings is 1. The Kier molecular flexibility index (Phi) is 5.34. The monoisotopic (exact) mass is 390 g/mol. The minimum Gasteiger partial charge on any atom is -0.345 e. The smallest absolute Gasteiger partial charge is 0.254 e. The molecular weight excluding hydrogens is 364 g/mol. The van der Waals surface area contributed by atoms with Gasteiger partial charge in [0.2, 0.25) is 5.91 Å². The summed E-state index contributed by atoms with van der Waals surface area (Å²) in [5.41, 5.74) is 3.40. The SMILES string of the molecule is CC(C)C(C(=O)N1CCN(C(=O)c2ccc3nc[nH]c3c2)CC1)c1ccccc1. The largest absolute Gasteiger partial charge is 0.345 e. The zero-order valence-corrected chi connectivity index (χ0v) is 16.8. The Hall–Kier alpha value is -3.15. The van der Waals surface area contributed by atoms with Crippen LogP contribution < -0.4 is 0 Å². The first-order valence-corrected chi connectivity index (χ1v) is 10.1. The molecule has 2 amide bonds. The Morgan fingerprint density at radius 2 is 1.66 bits per heavy atom. The summed E-state index contributed by atoms with van der Waals surface area (Å²) >= 11 is 0. The van der Waals surface area contributed by atoms with E-state index in [4.69, 9.17) is 0 Å². The highest BCUT2D eigenvalue weighted by Gasteiger charge is 2.31. The summed E-state index contributed by atoms with van der Waals surface area (Å²) in [7, 11) is 0. The van der Waals surface area contributed by atoms with Gasteiger partial charge in [0.05, 0.1) is 23.3 Å². The molecule has 1 aliphatic rings. The number of aromatic nitrogens is 2. The summed E-state index contributed by atoms with van der Waals surface area (Å²) in [5, 5.41) is 0. The third-order valence-corrected chi connectivity index (χ3v) is 5.64. The summed E-state index contributed by atoms with van der Waals surface area (Å²) in [5.74, 6) is 0.209. The first-order chi connectivity index (χ1) is 14.0. The summed E-state index contributed by atoms with van der Waals surface area (Å²) in [4.78, 5) is 37.1. The maximum atomic E-state index is 13.2. The number of nitrogens with one attached hydrogen (secondary N) is 1. The second-order valence-corrected chi connectivity index (χ2v) is 7.88. The molecular formula is C23H26N4O2. The number of H-pyrrole nitrogens is 1. The maximum absolute atomic E-state index is 13.2. The Balaban J connectivity index is 1.43. The molecule has 0 radical (unpaired) electrons. The minimum atomic E-state index is -0.152. The van der Waals surface area contributed by atoms with Gasteiger partial charge in [-0.2, -0.15) is 0 Å². The number of imidazole rings is 1. The van der Waals surface area contributed by atoms with E-state index in [0.29, 0.717) is 31.7 Å². The normalized spacial score (nSPS) is 15.7. The van der Waals surface area contributed by atoms with Gasteiger partial charge in [0.1, 0.15) is 0 Å². The van der Waals surface area contributed by atoms with Crippen molar-refractivity contribution in [1.82, 2.24) is 19.8 Å². The van der Waals surface area contributed by atoms with E-state index in [1.165, 1.54) is 0 Å². The van der Waals surface area contributed by atoms with E-state index in [0.717, 1.165) is 16.6 Å². The lowest BCUT2D eigenvalue weighted by atomic mass is 9.87. The van der Waals surface area contributed by atoms with Crippen LogP contribution in [0.3, 0.4) is 0 Å². The van der Waals surface area contributed by atoms with Gasteiger partial charge in [-0.1, -0.05) is 44.2 Å². The van der Waals surface area contributed by atoms with Crippen molar-refractivity contribution in [3.63, 3.8) is 0 Å². The van der Waals surface area contributed by atoms with Crippen molar-refractivity contribution in [2.24, 2.45) is 5.92 Å². The average Bonchev–Trinajstić information content (AvgIpc) is 3.22. The standard InChI is InChI=1S/C23H26N4O2/c1-16(2)21(17-6-4-3-5-7-17)23(29)27-12-10-26(11-13-27)22(28)18-8-9-19-20(14-18)25-15-24-19/h3-9,14-16,21H,10-13H2,1-2H3,(H,24,25). The van der Waals surface area contributed by atoms with Crippen LogP contribution in [0, 0.1) is 5.92 Å². The molecule has 1 saturated heterocycles. The lowest BCUT2D eigenvalue weighted by Crippen LogP contribution is -2.52. The fraction of sp³-hybridized carbons (Fsp3) is 0.348. The lowest BCUT2D eigenvalue weighted by molar-refractivity contribution is -0.135. The van der Waals surface area contributed by atoms with Crippen molar-refractivity contribution in [2.75, 3.05) is 26.2 Å². The van der Waals surface area contributed by atoms with Crippen LogP contribution in [0.1, 0.15) is 35.7 Å². The number of hydrogen-bond donors (Lipinski definition) is 1. The van der Waals surface area contributed by atoms with Gasteiger partial charge in [0, 0.05) is 31.7 Å². The van der Waals surface area contributed by atoms with Gasteiger partial charge >= 0.3 is 0 Å². The third-order valence-electron chi connectivity index (χ3n) is 5.64. The van der Waals surface area contributed by atoms with E-state index in [2.05, 4.69) is 23.8 Å². The molecule has 3 aromatic rings. The number of fused-ring (bicyclic) bond motifs is 1. The molecule has 1 aliphatic heterocycles. The molecule has 0 saturated carbocycles. The molecule has 1 unspecified atom stereocenters. The molecule has 29 heavy (non-hydrogen) atoms. The number of rotatable bonds is 4. The van der Waals surface area contributed by atoms with Crippen LogP contribution in [0.15, 0.2) is 54.9 Å². The van der Waals surface area contributed by atoms with Crippen molar-refractivity contribution in [3.05, 3.63) is 66.0 Å². The Labute approximate surface area is 170 Å². The average molecular weight is 390 g/mol. The molecule has 0 aliphatic carbocycles. The predicted octanol–water partition coefficient (Wildman–Crippen LogP) is 3.29. The van der Waals surface area contributed by atoms with E-state index < -0.39 is 0 Å². The molecule has 0 spiro atoms. The van der Waals surface area contributed by atoms with Crippen molar-refractivity contribution in [1.29, 1.82) is 0 Å². The Morgan fingerprint density at radius 3 is 2.34 bits per heavy atom. The topological polar surface area (TPSA) is 69.3 Å². The second-order valence-electron chi connectivity index (χ2n) is 7.88. The highest BCUT2D eigenvalue weighted by atomic mass is 16.2. The van der Waals surface area contributed by atoms with Crippen LogP contribution in [0.25, 0.3) is 11.0 Å². The van der Waals surface area contributed by atoms with Gasteiger partial charge in [-0.15, -0.1) is 0 Å². The zero-order chi connectivity index (χ0) is 20.4. The van der Waals surface area contributed by atoms with Gasteiger partial charge in [-0.25, -0.2) is 4.98 Å². The van der Waals surface area contributed by atoms with E-state index in [9.17, 15) is 9.59 Å². The van der Waals surface area contributed by atoms with Gasteiger partial charge in [-0.05, 0) is 29.7 Å². The van der Waals surface area contributed by atoms with E-state index >= 15 is 0 Å². The van der Waals surface area contributed by atoms with Crippen molar-refractivity contribution >= 4 is 22.8 Å². The zero-order valence-electron chi connectivity index (χ0n) is 16.8. The highest BCUT2D eigenvalue weighted by Crippen LogP contribution is 2.27. The summed E-state index contributed by atoms with van der Waals surface area (Å²) in [6, 6.07) is 15.5. The van der Waals surface area contributed by atoms with E-state index in [-0.39, 0.29) is 23.7 Å². The van der Waals surface area contributed by atoms with Gasteiger partial charge in [0.25, 0.3) is 5.91 Å². The quantitative estimate of drug-likeness (QED) is 0.743. The van der Waals surface area contributed by atoms with Crippen molar-refractivity contribution < 1.29 is 9.59 Å². The maximum Gasteiger partial charge on any atom is 0.254 e. The molecule has 150 valence electrons. The predicted molar refractivity (Wildman–Crippen MR) is 113 cm³/mol. The Morgan fingerprint density at radius 1 is 0.966 bits per heavy atom. The molecule has 6 nitrogen and oxygen atoms in total. The number of hydrogen-bond acceptors (Lipinski definition) is 3. The first kappa shape index (κ1) is 19.2. The van der Waals surface area contributed by atoms with E-state index in [1.54, 1.807) is 6.33 Å². The number of aromatic amines is 1. The lowest BCUT2D eigenvalue weighted by Gasteiger charge is -2.37. The number of nitrogens with zero attached hydrogens (tertiary/aromatic N) is 3. The number of amides is 2. The molecule has 2 aromatic carbocycles. The van der Waals surface area contributed by atoms with E-state index in [1.807, 2.05) is 58.3 Å². The molecule has 1 atom stereocenters. The molecule has 6 heteroatoms. The fourth-order valence-corrected chi connectivity index (χ4v) is 4.05. The molecule has 2 heterocycles. The summed E-state index contributed by atoms with van der Waals surface area (Å²) < 4.78 is 0. The summed E-state index contributed by atoms with van der Waals surface area (Å²) in [6.45, 7) is 6.39.